The number of halogens is 2. The zero-order valence-electron chi connectivity index (χ0n) is 11.9. The maximum Gasteiger partial charge on any atom is 0.241 e. The van der Waals surface area contributed by atoms with Gasteiger partial charge in [0.2, 0.25) is 10.0 Å². The van der Waals surface area contributed by atoms with Gasteiger partial charge in [-0.15, -0.1) is 12.4 Å². The summed E-state index contributed by atoms with van der Waals surface area (Å²) in [5, 5.41) is 3.28. The zero-order chi connectivity index (χ0) is 14.8. The highest BCUT2D eigenvalue weighted by atomic mass is 79.9. The van der Waals surface area contributed by atoms with E-state index < -0.39 is 10.0 Å². The molecule has 1 aromatic carbocycles. The van der Waals surface area contributed by atoms with Crippen LogP contribution in [-0.2, 0) is 10.0 Å². The number of hydrogen-bond donors (Lipinski definition) is 2. The Morgan fingerprint density at radius 1 is 1.43 bits per heavy atom. The standard InChI is InChI=1S/C13H19BrN2O3S.ClH/c1-9-12(4-3-7-15-9)16-20(17,18)13-6-5-10(19-2)8-11(13)14;/h5-6,8-9,12,15-16H,3-4,7H2,1-2H3;1H. The maximum atomic E-state index is 12.5. The van der Waals surface area contributed by atoms with E-state index >= 15 is 0 Å². The molecule has 2 atom stereocenters. The molecule has 21 heavy (non-hydrogen) atoms. The number of sulfonamides is 1. The van der Waals surface area contributed by atoms with Gasteiger partial charge in [-0.05, 0) is 60.4 Å². The van der Waals surface area contributed by atoms with Crippen LogP contribution >= 0.6 is 28.3 Å². The first kappa shape index (κ1) is 18.7. The second kappa shape index (κ2) is 7.78. The lowest BCUT2D eigenvalue weighted by atomic mass is 10.0. The Morgan fingerprint density at radius 3 is 2.71 bits per heavy atom. The van der Waals surface area contributed by atoms with Crippen molar-refractivity contribution in [3.63, 3.8) is 0 Å². The molecule has 0 spiro atoms. The van der Waals surface area contributed by atoms with Crippen molar-refractivity contribution in [2.75, 3.05) is 13.7 Å². The molecule has 1 aromatic rings. The van der Waals surface area contributed by atoms with Crippen molar-refractivity contribution in [2.24, 2.45) is 0 Å². The molecule has 1 aliphatic rings. The van der Waals surface area contributed by atoms with Crippen LogP contribution in [0.1, 0.15) is 19.8 Å². The van der Waals surface area contributed by atoms with Crippen LogP contribution in [-0.4, -0.2) is 34.2 Å². The van der Waals surface area contributed by atoms with E-state index in [1.54, 1.807) is 25.3 Å². The molecule has 5 nitrogen and oxygen atoms in total. The summed E-state index contributed by atoms with van der Waals surface area (Å²) >= 11 is 3.29. The number of nitrogens with one attached hydrogen (secondary N) is 2. The summed E-state index contributed by atoms with van der Waals surface area (Å²) in [4.78, 5) is 0.232. The van der Waals surface area contributed by atoms with Crippen molar-refractivity contribution in [3.8, 4) is 5.75 Å². The van der Waals surface area contributed by atoms with Crippen LogP contribution in [0.4, 0.5) is 0 Å². The molecule has 1 saturated heterocycles. The first-order valence-corrected chi connectivity index (χ1v) is 8.81. The van der Waals surface area contributed by atoms with Gasteiger partial charge in [0.25, 0.3) is 0 Å². The predicted octanol–water partition coefficient (Wildman–Crippen LogP) is 2.30. The second-order valence-electron chi connectivity index (χ2n) is 4.91. The first-order chi connectivity index (χ1) is 9.44. The SMILES string of the molecule is COc1ccc(S(=O)(=O)NC2CCCNC2C)c(Br)c1.Cl. The molecule has 0 aliphatic carbocycles. The lowest BCUT2D eigenvalue weighted by molar-refractivity contribution is 0.348. The van der Waals surface area contributed by atoms with Gasteiger partial charge in [0, 0.05) is 16.6 Å². The van der Waals surface area contributed by atoms with Crippen molar-refractivity contribution in [3.05, 3.63) is 22.7 Å². The van der Waals surface area contributed by atoms with Gasteiger partial charge in [0.05, 0.1) is 12.0 Å². The smallest absolute Gasteiger partial charge is 0.241 e. The average molecular weight is 400 g/mol. The van der Waals surface area contributed by atoms with Crippen molar-refractivity contribution < 1.29 is 13.2 Å². The highest BCUT2D eigenvalue weighted by Crippen LogP contribution is 2.27. The first-order valence-electron chi connectivity index (χ1n) is 6.53. The number of rotatable bonds is 4. The summed E-state index contributed by atoms with van der Waals surface area (Å²) in [6, 6.07) is 4.89. The Hall–Kier alpha value is -0.340. The topological polar surface area (TPSA) is 67.4 Å². The van der Waals surface area contributed by atoms with Crippen LogP contribution in [0.5, 0.6) is 5.75 Å². The average Bonchev–Trinajstić information content (AvgIpc) is 2.40. The molecule has 2 rings (SSSR count). The van der Waals surface area contributed by atoms with Crippen LogP contribution < -0.4 is 14.8 Å². The van der Waals surface area contributed by atoms with Gasteiger partial charge in [-0.3, -0.25) is 0 Å². The number of ether oxygens (including phenoxy) is 1. The molecular formula is C13H20BrClN2O3S. The normalized spacial score (nSPS) is 22.4. The van der Waals surface area contributed by atoms with E-state index in [4.69, 9.17) is 4.74 Å². The Kier molecular flexibility index (Phi) is 6.93. The summed E-state index contributed by atoms with van der Waals surface area (Å²) in [6.45, 7) is 2.93. The van der Waals surface area contributed by atoms with Crippen molar-refractivity contribution in [1.82, 2.24) is 10.0 Å². The van der Waals surface area contributed by atoms with E-state index in [2.05, 4.69) is 26.0 Å². The third kappa shape index (κ3) is 4.56. The molecule has 1 aliphatic heterocycles. The summed E-state index contributed by atoms with van der Waals surface area (Å²) in [7, 11) is -2.00. The van der Waals surface area contributed by atoms with Gasteiger partial charge in [0.1, 0.15) is 5.75 Å². The minimum absolute atomic E-state index is 0. The van der Waals surface area contributed by atoms with Crippen LogP contribution in [0.25, 0.3) is 0 Å². The number of benzene rings is 1. The molecule has 0 saturated carbocycles. The quantitative estimate of drug-likeness (QED) is 0.815. The van der Waals surface area contributed by atoms with Gasteiger partial charge < -0.3 is 10.1 Å². The lowest BCUT2D eigenvalue weighted by Crippen LogP contribution is -2.51. The van der Waals surface area contributed by atoms with Crippen LogP contribution in [0.15, 0.2) is 27.6 Å². The highest BCUT2D eigenvalue weighted by molar-refractivity contribution is 9.10. The monoisotopic (exact) mass is 398 g/mol. The fraction of sp³-hybridized carbons (Fsp3) is 0.538. The van der Waals surface area contributed by atoms with E-state index in [0.717, 1.165) is 19.4 Å². The highest BCUT2D eigenvalue weighted by Gasteiger charge is 2.27. The van der Waals surface area contributed by atoms with Gasteiger partial charge in [-0.1, -0.05) is 0 Å². The van der Waals surface area contributed by atoms with Gasteiger partial charge in [-0.25, -0.2) is 13.1 Å². The Balaban J connectivity index is 0.00000220. The van der Waals surface area contributed by atoms with E-state index in [1.807, 2.05) is 6.92 Å². The third-order valence-corrected chi connectivity index (χ3v) is 5.96. The van der Waals surface area contributed by atoms with Crippen molar-refractivity contribution in [1.29, 1.82) is 0 Å². The predicted molar refractivity (Wildman–Crippen MR) is 88.8 cm³/mol. The van der Waals surface area contributed by atoms with Crippen LogP contribution in [0.2, 0.25) is 0 Å². The lowest BCUT2D eigenvalue weighted by Gasteiger charge is -2.30. The molecule has 0 bridgehead atoms. The summed E-state index contributed by atoms with van der Waals surface area (Å²) in [5.74, 6) is 0.614. The van der Waals surface area contributed by atoms with Crippen molar-refractivity contribution in [2.45, 2.75) is 36.7 Å². The fourth-order valence-electron chi connectivity index (χ4n) is 2.29. The number of methoxy groups -OCH3 is 1. The zero-order valence-corrected chi connectivity index (χ0v) is 15.1. The summed E-state index contributed by atoms with van der Waals surface area (Å²) in [6.07, 6.45) is 1.82. The molecule has 0 amide bonds. The molecule has 0 aromatic heterocycles. The molecule has 1 heterocycles. The maximum absolute atomic E-state index is 12.5. The van der Waals surface area contributed by atoms with E-state index in [0.29, 0.717) is 10.2 Å². The van der Waals surface area contributed by atoms with Gasteiger partial charge in [-0.2, -0.15) is 0 Å². The van der Waals surface area contributed by atoms with E-state index in [-0.39, 0.29) is 29.4 Å². The minimum atomic E-state index is -3.54. The summed E-state index contributed by atoms with van der Waals surface area (Å²) in [5.41, 5.74) is 0. The van der Waals surface area contributed by atoms with Crippen LogP contribution in [0, 0.1) is 0 Å². The second-order valence-corrected chi connectivity index (χ2v) is 7.45. The Labute approximate surface area is 140 Å². The molecule has 2 unspecified atom stereocenters. The molecule has 1 fully saturated rings. The molecule has 2 N–H and O–H groups in total. The number of hydrogen-bond acceptors (Lipinski definition) is 4. The molecule has 8 heteroatoms. The van der Waals surface area contributed by atoms with Gasteiger partial charge in [0.15, 0.2) is 0 Å². The number of piperidine rings is 1. The van der Waals surface area contributed by atoms with E-state index in [9.17, 15) is 8.42 Å². The van der Waals surface area contributed by atoms with Gasteiger partial charge >= 0.3 is 0 Å². The van der Waals surface area contributed by atoms with Crippen LogP contribution in [0.3, 0.4) is 0 Å². The van der Waals surface area contributed by atoms with Crippen molar-refractivity contribution >= 4 is 38.4 Å². The Morgan fingerprint density at radius 2 is 2.14 bits per heavy atom. The molecule has 0 radical (unpaired) electrons. The van der Waals surface area contributed by atoms with E-state index in [1.165, 1.54) is 0 Å². The Bertz CT molecular complexity index is 583. The summed E-state index contributed by atoms with van der Waals surface area (Å²) < 4.78 is 33.3. The minimum Gasteiger partial charge on any atom is -0.497 e. The molecular weight excluding hydrogens is 380 g/mol. The third-order valence-electron chi connectivity index (χ3n) is 3.50. The largest absolute Gasteiger partial charge is 0.497 e. The molecule has 120 valence electrons. The fourth-order valence-corrected chi connectivity index (χ4v) is 4.70.